The van der Waals surface area contributed by atoms with Gasteiger partial charge in [0.05, 0.1) is 11.4 Å². The third-order valence-electron chi connectivity index (χ3n) is 7.42. The maximum absolute atomic E-state index is 13.5. The van der Waals surface area contributed by atoms with Crippen molar-refractivity contribution in [2.24, 2.45) is 0 Å². The zero-order valence-corrected chi connectivity index (χ0v) is 24.3. The molecule has 2 saturated heterocycles. The second-order valence-electron chi connectivity index (χ2n) is 9.90. The van der Waals surface area contributed by atoms with Gasteiger partial charge in [0.15, 0.2) is 0 Å². The monoisotopic (exact) mass is 569 g/mol. The molecule has 0 saturated carbocycles. The van der Waals surface area contributed by atoms with E-state index in [4.69, 9.17) is 12.2 Å². The first kappa shape index (κ1) is 27.8. The molecule has 3 heterocycles. The number of pyridine rings is 1. The molecule has 0 N–H and O–H groups in total. The summed E-state index contributed by atoms with van der Waals surface area (Å²) < 4.78 is 2.17. The number of carbonyl (C=O) groups is 1. The third kappa shape index (κ3) is 5.61. The molecule has 0 unspecified atom stereocenters. The van der Waals surface area contributed by atoms with Gasteiger partial charge in [-0.05, 0) is 36.6 Å². The minimum Gasteiger partial charge on any atom is -0.355 e. The molecule has 1 amide bonds. The minimum absolute atomic E-state index is 0.110. The highest BCUT2D eigenvalue weighted by Crippen LogP contribution is 2.36. The maximum Gasteiger partial charge on any atom is 0.270 e. The molecule has 0 spiro atoms. The van der Waals surface area contributed by atoms with Crippen molar-refractivity contribution in [1.29, 1.82) is 5.26 Å². The number of piperazine rings is 1. The van der Waals surface area contributed by atoms with E-state index in [1.54, 1.807) is 16.4 Å². The molecule has 5 rings (SSSR count). The number of nitrogens with zero attached hydrogens (tertiary/aromatic N) is 5. The zero-order chi connectivity index (χ0) is 28.2. The van der Waals surface area contributed by atoms with Gasteiger partial charge in [0.1, 0.15) is 21.8 Å². The van der Waals surface area contributed by atoms with Gasteiger partial charge < -0.3 is 4.90 Å². The molecule has 2 fully saturated rings. The van der Waals surface area contributed by atoms with Crippen LogP contribution in [-0.4, -0.2) is 50.8 Å². The van der Waals surface area contributed by atoms with Crippen LogP contribution in [0.4, 0.5) is 5.82 Å². The van der Waals surface area contributed by atoms with Gasteiger partial charge in [-0.2, -0.15) is 5.26 Å². The molecule has 2 aliphatic rings. The van der Waals surface area contributed by atoms with Crippen molar-refractivity contribution >= 4 is 46.1 Å². The molecular weight excluding hydrogens is 539 g/mol. The Morgan fingerprint density at radius 3 is 2.12 bits per heavy atom. The van der Waals surface area contributed by atoms with Gasteiger partial charge in [-0.1, -0.05) is 84.6 Å². The van der Waals surface area contributed by atoms with Crippen LogP contribution in [0, 0.1) is 18.3 Å². The van der Waals surface area contributed by atoms with Gasteiger partial charge in [-0.15, -0.1) is 0 Å². The van der Waals surface area contributed by atoms with E-state index < -0.39 is 0 Å². The molecule has 7 nitrogen and oxygen atoms in total. The smallest absolute Gasteiger partial charge is 0.270 e. The average Bonchev–Trinajstić information content (AvgIpc) is 3.23. The van der Waals surface area contributed by atoms with Gasteiger partial charge >= 0.3 is 0 Å². The largest absolute Gasteiger partial charge is 0.355 e. The van der Waals surface area contributed by atoms with E-state index in [-0.39, 0.29) is 17.0 Å². The normalized spacial score (nSPS) is 17.1. The molecule has 1 aromatic heterocycles. The van der Waals surface area contributed by atoms with Gasteiger partial charge in [-0.3, -0.25) is 24.0 Å². The number of thioether (sulfide) groups is 1. The number of anilines is 1. The summed E-state index contributed by atoms with van der Waals surface area (Å²) in [6, 6.07) is 22.3. The lowest BCUT2D eigenvalue weighted by Crippen LogP contribution is -2.48. The van der Waals surface area contributed by atoms with Crippen LogP contribution in [0.2, 0.25) is 0 Å². The van der Waals surface area contributed by atoms with Crippen LogP contribution in [0.15, 0.2) is 70.4 Å². The lowest BCUT2D eigenvalue weighted by atomic mass is 10.0. The Labute approximate surface area is 244 Å². The highest BCUT2D eigenvalue weighted by Gasteiger charge is 2.33. The second kappa shape index (κ2) is 12.2. The lowest BCUT2D eigenvalue weighted by Gasteiger charge is -2.38. The Bertz CT molecular complexity index is 1550. The predicted molar refractivity (Wildman–Crippen MR) is 165 cm³/mol. The summed E-state index contributed by atoms with van der Waals surface area (Å²) >= 11 is 6.85. The molecule has 0 radical (unpaired) electrons. The van der Waals surface area contributed by atoms with E-state index in [2.05, 4.69) is 40.1 Å². The first-order valence-corrected chi connectivity index (χ1v) is 14.6. The van der Waals surface area contributed by atoms with Crippen LogP contribution in [0.1, 0.15) is 34.7 Å². The van der Waals surface area contributed by atoms with E-state index in [0.717, 1.165) is 49.7 Å². The number of rotatable bonds is 7. The standard InChI is InChI=1S/C31H31N5O2S2/c1-3-35-28(34-16-14-33(15-17-34)20-23-10-6-4-7-11-23)25(22(2)26(19-32)29(35)37)18-27-30(38)36(31(39)40-27)21-24-12-8-5-9-13-24/h4-13,18H,3,14-17,20-21H2,1-2H3/b27-18-. The first-order valence-electron chi connectivity index (χ1n) is 13.4. The molecule has 2 aliphatic heterocycles. The highest BCUT2D eigenvalue weighted by molar-refractivity contribution is 8.26. The van der Waals surface area contributed by atoms with E-state index in [9.17, 15) is 14.9 Å². The lowest BCUT2D eigenvalue weighted by molar-refractivity contribution is -0.122. The molecular formula is C31H31N5O2S2. The number of benzene rings is 2. The van der Waals surface area contributed by atoms with Crippen molar-refractivity contribution in [1.82, 2.24) is 14.4 Å². The van der Waals surface area contributed by atoms with Crippen LogP contribution in [0.5, 0.6) is 0 Å². The van der Waals surface area contributed by atoms with Crippen molar-refractivity contribution in [3.8, 4) is 6.07 Å². The topological polar surface area (TPSA) is 72.6 Å². The van der Waals surface area contributed by atoms with Crippen LogP contribution < -0.4 is 10.5 Å². The summed E-state index contributed by atoms with van der Waals surface area (Å²) in [5.74, 6) is 0.598. The summed E-state index contributed by atoms with van der Waals surface area (Å²) in [6.45, 7) is 8.54. The number of carbonyl (C=O) groups excluding carboxylic acids is 1. The van der Waals surface area contributed by atoms with Gasteiger partial charge in [0, 0.05) is 44.8 Å². The van der Waals surface area contributed by atoms with Crippen LogP contribution in [0.3, 0.4) is 0 Å². The van der Waals surface area contributed by atoms with Gasteiger partial charge in [0.25, 0.3) is 11.5 Å². The number of nitriles is 1. The highest BCUT2D eigenvalue weighted by atomic mass is 32.2. The molecule has 204 valence electrons. The van der Waals surface area contributed by atoms with Crippen molar-refractivity contribution in [2.75, 3.05) is 31.1 Å². The third-order valence-corrected chi connectivity index (χ3v) is 8.79. The summed E-state index contributed by atoms with van der Waals surface area (Å²) in [7, 11) is 0. The Kier molecular flexibility index (Phi) is 8.50. The molecule has 3 aromatic rings. The van der Waals surface area contributed by atoms with Crippen LogP contribution in [-0.2, 0) is 24.4 Å². The number of aromatic nitrogens is 1. The fourth-order valence-electron chi connectivity index (χ4n) is 5.27. The number of amides is 1. The molecule has 9 heteroatoms. The van der Waals surface area contributed by atoms with E-state index >= 15 is 0 Å². The Balaban J connectivity index is 1.48. The summed E-state index contributed by atoms with van der Waals surface area (Å²) in [4.78, 5) is 33.6. The van der Waals surface area contributed by atoms with Crippen molar-refractivity contribution in [3.05, 3.63) is 104 Å². The number of thiocarbonyl (C=S) groups is 1. The fourth-order valence-corrected chi connectivity index (χ4v) is 6.51. The predicted octanol–water partition coefficient (Wildman–Crippen LogP) is 4.77. The van der Waals surface area contributed by atoms with Crippen molar-refractivity contribution in [3.63, 3.8) is 0 Å². The second-order valence-corrected chi connectivity index (χ2v) is 11.6. The summed E-state index contributed by atoms with van der Waals surface area (Å²) in [5, 5.41) is 9.88. The average molecular weight is 570 g/mol. The Hall–Kier alpha value is -3.71. The number of hydrogen-bond donors (Lipinski definition) is 0. The molecule has 40 heavy (non-hydrogen) atoms. The quantitative estimate of drug-likeness (QED) is 0.300. The van der Waals surface area contributed by atoms with Crippen molar-refractivity contribution < 1.29 is 4.79 Å². The molecule has 0 bridgehead atoms. The van der Waals surface area contributed by atoms with Crippen LogP contribution in [0.25, 0.3) is 6.08 Å². The van der Waals surface area contributed by atoms with Gasteiger partial charge in [-0.25, -0.2) is 0 Å². The van der Waals surface area contributed by atoms with E-state index in [1.165, 1.54) is 17.3 Å². The Morgan fingerprint density at radius 2 is 1.55 bits per heavy atom. The Morgan fingerprint density at radius 1 is 0.950 bits per heavy atom. The van der Waals surface area contributed by atoms with E-state index in [1.807, 2.05) is 49.4 Å². The van der Waals surface area contributed by atoms with E-state index in [0.29, 0.717) is 27.9 Å². The number of hydrogen-bond acceptors (Lipinski definition) is 7. The van der Waals surface area contributed by atoms with Crippen LogP contribution >= 0.6 is 24.0 Å². The first-order chi connectivity index (χ1) is 19.4. The molecule has 0 aliphatic carbocycles. The zero-order valence-electron chi connectivity index (χ0n) is 22.7. The molecule has 2 aromatic carbocycles. The SMILES string of the molecule is CCn1c(N2CCN(Cc3ccccc3)CC2)c(/C=C2\SC(=S)N(Cc3ccccc3)C2=O)c(C)c(C#N)c1=O. The molecule has 0 atom stereocenters. The summed E-state index contributed by atoms with van der Waals surface area (Å²) in [5.41, 5.74) is 3.41. The fraction of sp³-hybridized carbons (Fsp3) is 0.290. The van der Waals surface area contributed by atoms with Crippen molar-refractivity contribution in [2.45, 2.75) is 33.5 Å². The van der Waals surface area contributed by atoms with Gasteiger partial charge in [0.2, 0.25) is 0 Å². The maximum atomic E-state index is 13.5. The summed E-state index contributed by atoms with van der Waals surface area (Å²) in [6.07, 6.45) is 1.83. The minimum atomic E-state index is -0.294.